The first-order valence-corrected chi connectivity index (χ1v) is 11.2. The van der Waals surface area contributed by atoms with Crippen molar-refractivity contribution in [1.82, 2.24) is 8.84 Å². The summed E-state index contributed by atoms with van der Waals surface area (Å²) < 4.78 is 3.74. The van der Waals surface area contributed by atoms with Crippen LogP contribution in [0.5, 0.6) is 0 Å². The van der Waals surface area contributed by atoms with Gasteiger partial charge >= 0.3 is 0 Å². The quantitative estimate of drug-likeness (QED) is 0.316. The first-order chi connectivity index (χ1) is 13.5. The molecule has 1 aliphatic carbocycles. The molecule has 1 saturated carbocycles. The monoisotopic (exact) mass is 530 g/mol. The molecule has 0 N–H and O–H groups in total. The van der Waals surface area contributed by atoms with Gasteiger partial charge in [-0.2, -0.15) is 0 Å². The van der Waals surface area contributed by atoms with E-state index in [0.717, 1.165) is 34.3 Å². The molecule has 0 unspecified atom stereocenters. The van der Waals surface area contributed by atoms with Crippen LogP contribution >= 0.6 is 71.6 Å². The maximum absolute atomic E-state index is 6.48. The van der Waals surface area contributed by atoms with Crippen molar-refractivity contribution in [2.24, 2.45) is 11.8 Å². The van der Waals surface area contributed by atoms with E-state index in [2.05, 4.69) is 0 Å². The minimum atomic E-state index is 0. The summed E-state index contributed by atoms with van der Waals surface area (Å²) in [6.07, 6.45) is 4.75. The zero-order chi connectivity index (χ0) is 19.9. The largest absolute Gasteiger partial charge is 0.215 e. The van der Waals surface area contributed by atoms with Crippen LogP contribution in [0, 0.1) is 11.8 Å². The van der Waals surface area contributed by atoms with Crippen LogP contribution in [0.15, 0.2) is 48.5 Å². The van der Waals surface area contributed by atoms with E-state index in [9.17, 15) is 0 Å². The van der Waals surface area contributed by atoms with E-state index in [4.69, 9.17) is 46.8 Å². The van der Waals surface area contributed by atoms with Crippen molar-refractivity contribution < 1.29 is 0 Å². The van der Waals surface area contributed by atoms with Crippen LogP contribution in [0.2, 0.25) is 10.0 Å². The molecular weight excluding hydrogens is 505 g/mol. The van der Waals surface area contributed by atoms with E-state index >= 15 is 0 Å². The Morgan fingerprint density at radius 1 is 0.633 bits per heavy atom. The van der Waals surface area contributed by atoms with Gasteiger partial charge in [0, 0.05) is 36.2 Å². The van der Waals surface area contributed by atoms with E-state index in [1.165, 1.54) is 25.7 Å². The van der Waals surface area contributed by atoms with Gasteiger partial charge in [-0.05, 0) is 84.3 Å². The number of nitrogens with zero attached hydrogens (tertiary/aromatic N) is 2. The molecule has 30 heavy (non-hydrogen) atoms. The molecule has 0 spiro atoms. The summed E-state index contributed by atoms with van der Waals surface area (Å²) in [6.45, 7) is 3.14. The third kappa shape index (κ3) is 8.92. The Hall–Kier alpha value is 0.1000. The topological polar surface area (TPSA) is 6.48 Å². The molecule has 0 atom stereocenters. The van der Waals surface area contributed by atoms with Crippen molar-refractivity contribution in [3.05, 3.63) is 69.7 Å². The third-order valence-electron chi connectivity index (χ3n) is 5.48. The average molecular weight is 533 g/mol. The Morgan fingerprint density at radius 3 is 1.30 bits per heavy atom. The molecule has 0 bridgehead atoms. The Morgan fingerprint density at radius 2 is 0.967 bits per heavy atom. The molecule has 2 aromatic carbocycles. The fourth-order valence-corrected chi connectivity index (χ4v) is 4.95. The highest BCUT2D eigenvalue weighted by Gasteiger charge is 2.24. The van der Waals surface area contributed by atoms with Crippen LogP contribution in [0.25, 0.3) is 0 Å². The van der Waals surface area contributed by atoms with E-state index in [1.807, 2.05) is 57.4 Å². The molecule has 168 valence electrons. The summed E-state index contributed by atoms with van der Waals surface area (Å²) in [4.78, 5) is 0. The lowest BCUT2D eigenvalue weighted by Gasteiger charge is -2.32. The summed E-state index contributed by atoms with van der Waals surface area (Å²) in [7, 11) is 0. The molecule has 2 aromatic rings. The molecule has 0 saturated heterocycles. The van der Waals surface area contributed by atoms with E-state index < -0.39 is 0 Å². The molecule has 0 heterocycles. The van der Waals surface area contributed by atoms with E-state index in [1.54, 1.807) is 0 Å². The highest BCUT2D eigenvalue weighted by molar-refractivity contribution is 6.31. The first-order valence-electron chi connectivity index (χ1n) is 9.79. The van der Waals surface area contributed by atoms with Gasteiger partial charge in [0.1, 0.15) is 0 Å². The van der Waals surface area contributed by atoms with Crippen LogP contribution in [-0.4, -0.2) is 21.9 Å². The van der Waals surface area contributed by atoms with Crippen molar-refractivity contribution in [1.29, 1.82) is 0 Å². The van der Waals surface area contributed by atoms with Gasteiger partial charge in [0.2, 0.25) is 0 Å². The van der Waals surface area contributed by atoms with Gasteiger partial charge in [0.15, 0.2) is 0 Å². The third-order valence-corrected chi connectivity index (χ3v) is 6.73. The van der Waals surface area contributed by atoms with Gasteiger partial charge in [-0.3, -0.25) is 0 Å². The SMILES string of the molecule is Cl.Cl.Clc1ccccc1CN(Cl)CC1CCC(CN(Cl)Cc2ccccc2Cl)CC1. The molecular formula is C22H28Cl6N2. The van der Waals surface area contributed by atoms with Crippen LogP contribution in [0.1, 0.15) is 36.8 Å². The van der Waals surface area contributed by atoms with Gasteiger partial charge in [0.25, 0.3) is 0 Å². The Labute approximate surface area is 212 Å². The van der Waals surface area contributed by atoms with Crippen molar-refractivity contribution in [2.45, 2.75) is 38.8 Å². The minimum absolute atomic E-state index is 0. The maximum Gasteiger partial charge on any atom is 0.0451 e. The maximum atomic E-state index is 6.48. The fraction of sp³-hybridized carbons (Fsp3) is 0.455. The normalized spacial score (nSPS) is 18.7. The molecule has 0 aromatic heterocycles. The Balaban J connectivity index is 0.00000225. The van der Waals surface area contributed by atoms with Crippen LogP contribution in [-0.2, 0) is 13.1 Å². The molecule has 0 radical (unpaired) electrons. The second-order valence-corrected chi connectivity index (χ2v) is 9.45. The van der Waals surface area contributed by atoms with E-state index in [0.29, 0.717) is 24.9 Å². The summed E-state index contributed by atoms with van der Waals surface area (Å²) in [6, 6.07) is 15.8. The van der Waals surface area contributed by atoms with Crippen molar-refractivity contribution >= 4 is 71.6 Å². The number of hydrogen-bond acceptors (Lipinski definition) is 2. The first kappa shape index (κ1) is 28.1. The summed E-state index contributed by atoms with van der Waals surface area (Å²) in [5, 5.41) is 1.55. The summed E-state index contributed by atoms with van der Waals surface area (Å²) in [5.41, 5.74) is 2.15. The molecule has 8 heteroatoms. The standard InChI is InChI=1S/C22H26Cl4N2.2ClH/c23-21-7-3-1-5-19(21)15-27(25)13-17-9-11-18(12-10-17)14-28(26)16-20-6-2-4-8-22(20)24;;/h1-8,17-18H,9-16H2;2*1H. The lowest BCUT2D eigenvalue weighted by atomic mass is 9.82. The second-order valence-electron chi connectivity index (χ2n) is 7.68. The summed E-state index contributed by atoms with van der Waals surface area (Å²) >= 11 is 25.4. The minimum Gasteiger partial charge on any atom is -0.215 e. The average Bonchev–Trinajstić information content (AvgIpc) is 2.67. The van der Waals surface area contributed by atoms with Gasteiger partial charge < -0.3 is 0 Å². The molecule has 0 amide bonds. The zero-order valence-electron chi connectivity index (χ0n) is 16.7. The Bertz CT molecular complexity index is 688. The van der Waals surface area contributed by atoms with Crippen molar-refractivity contribution in [3.8, 4) is 0 Å². The predicted molar refractivity (Wildman–Crippen MR) is 135 cm³/mol. The van der Waals surface area contributed by atoms with Gasteiger partial charge in [-0.15, -0.1) is 24.8 Å². The van der Waals surface area contributed by atoms with E-state index in [-0.39, 0.29) is 24.8 Å². The number of rotatable bonds is 8. The highest BCUT2D eigenvalue weighted by atomic mass is 35.5. The lowest BCUT2D eigenvalue weighted by molar-refractivity contribution is 0.210. The van der Waals surface area contributed by atoms with Gasteiger partial charge in [-0.25, -0.2) is 8.84 Å². The predicted octanol–water partition coefficient (Wildman–Crippen LogP) is 8.26. The fourth-order valence-electron chi connectivity index (χ4n) is 3.91. The lowest BCUT2D eigenvalue weighted by Crippen LogP contribution is -2.29. The highest BCUT2D eigenvalue weighted by Crippen LogP contribution is 2.32. The molecule has 1 aliphatic rings. The molecule has 0 aliphatic heterocycles. The number of hydrogen-bond donors (Lipinski definition) is 0. The Kier molecular flexibility index (Phi) is 13.4. The molecule has 1 fully saturated rings. The van der Waals surface area contributed by atoms with Gasteiger partial charge in [0.05, 0.1) is 0 Å². The van der Waals surface area contributed by atoms with Gasteiger partial charge in [-0.1, -0.05) is 59.6 Å². The second kappa shape index (κ2) is 14.3. The molecule has 2 nitrogen and oxygen atoms in total. The van der Waals surface area contributed by atoms with Crippen molar-refractivity contribution in [3.63, 3.8) is 0 Å². The zero-order valence-corrected chi connectivity index (χ0v) is 21.3. The smallest absolute Gasteiger partial charge is 0.0451 e. The van der Waals surface area contributed by atoms with Crippen LogP contribution in [0.4, 0.5) is 0 Å². The van der Waals surface area contributed by atoms with Crippen LogP contribution < -0.4 is 0 Å². The van der Waals surface area contributed by atoms with Crippen molar-refractivity contribution in [2.75, 3.05) is 13.1 Å². The summed E-state index contributed by atoms with van der Waals surface area (Å²) in [5.74, 6) is 1.26. The number of halogens is 6. The van der Waals surface area contributed by atoms with Crippen LogP contribution in [0.3, 0.4) is 0 Å². The molecule has 3 rings (SSSR count). The number of benzene rings is 2.